The maximum atomic E-state index is 6.99. The summed E-state index contributed by atoms with van der Waals surface area (Å²) in [6.07, 6.45) is 1.19. The van der Waals surface area contributed by atoms with Crippen LogP contribution in [0.2, 0.25) is 0 Å². The molecule has 0 fully saturated rings. The third-order valence-corrected chi connectivity index (χ3v) is 1.54. The maximum Gasteiger partial charge on any atom is 0.167 e. The van der Waals surface area contributed by atoms with Crippen LogP contribution in [0.3, 0.4) is 0 Å². The third-order valence-electron chi connectivity index (χ3n) is 1.54. The van der Waals surface area contributed by atoms with Crippen molar-refractivity contribution in [3.8, 4) is 0 Å². The van der Waals surface area contributed by atoms with E-state index in [1.54, 1.807) is 0 Å². The van der Waals surface area contributed by atoms with Gasteiger partial charge in [0.1, 0.15) is 5.69 Å². The Labute approximate surface area is 63.1 Å². The molecule has 1 aromatic heterocycles. The summed E-state index contributed by atoms with van der Waals surface area (Å²) in [5, 5.41) is 11.6. The van der Waals surface area contributed by atoms with E-state index in [0.717, 1.165) is 11.0 Å². The van der Waals surface area contributed by atoms with Gasteiger partial charge in [0.2, 0.25) is 0 Å². The van der Waals surface area contributed by atoms with Crippen LogP contribution in [0.15, 0.2) is 28.8 Å². The Morgan fingerprint density at radius 3 is 3.00 bits per heavy atom. The van der Waals surface area contributed by atoms with E-state index in [1.165, 1.54) is 6.21 Å². The summed E-state index contributed by atoms with van der Waals surface area (Å²) in [5.41, 5.74) is 1.31. The van der Waals surface area contributed by atoms with E-state index in [9.17, 15) is 0 Å². The molecule has 0 spiro atoms. The second kappa shape index (κ2) is 2.20. The van der Waals surface area contributed by atoms with Crippen molar-refractivity contribution in [1.29, 1.82) is 5.41 Å². The van der Waals surface area contributed by atoms with E-state index in [0.29, 0.717) is 5.69 Å². The molecule has 1 N–H and O–H groups in total. The van der Waals surface area contributed by atoms with Crippen molar-refractivity contribution in [3.63, 3.8) is 0 Å². The number of aromatic nitrogens is 1. The van der Waals surface area contributed by atoms with Gasteiger partial charge in [-0.1, -0.05) is 17.3 Å². The molecule has 1 heterocycles. The zero-order valence-corrected chi connectivity index (χ0v) is 5.74. The standard InChI is InChI=1S/C8H6N2O/c9-5-7-6-3-1-2-4-8(6)11-10-7/h1-5,9H. The van der Waals surface area contributed by atoms with Crippen LogP contribution in [0, 0.1) is 5.41 Å². The first kappa shape index (κ1) is 6.09. The van der Waals surface area contributed by atoms with Crippen LogP contribution in [0.25, 0.3) is 11.0 Å². The Kier molecular flexibility index (Phi) is 1.22. The summed E-state index contributed by atoms with van der Waals surface area (Å²) in [4.78, 5) is 0. The molecule has 1 aromatic carbocycles. The lowest BCUT2D eigenvalue weighted by molar-refractivity contribution is 0.455. The summed E-state index contributed by atoms with van der Waals surface area (Å²) in [7, 11) is 0. The van der Waals surface area contributed by atoms with Crippen LogP contribution in [-0.2, 0) is 0 Å². The zero-order valence-electron chi connectivity index (χ0n) is 5.74. The molecule has 0 bridgehead atoms. The molecule has 3 nitrogen and oxygen atoms in total. The van der Waals surface area contributed by atoms with Gasteiger partial charge < -0.3 is 9.93 Å². The first-order chi connectivity index (χ1) is 5.42. The van der Waals surface area contributed by atoms with Crippen molar-refractivity contribution >= 4 is 17.2 Å². The van der Waals surface area contributed by atoms with Gasteiger partial charge in [-0.25, -0.2) is 0 Å². The van der Waals surface area contributed by atoms with Gasteiger partial charge in [-0.2, -0.15) is 0 Å². The molecule has 54 valence electrons. The van der Waals surface area contributed by atoms with E-state index in [2.05, 4.69) is 5.16 Å². The van der Waals surface area contributed by atoms with Crippen molar-refractivity contribution in [3.05, 3.63) is 30.0 Å². The van der Waals surface area contributed by atoms with Gasteiger partial charge in [0.25, 0.3) is 0 Å². The van der Waals surface area contributed by atoms with Gasteiger partial charge in [0, 0.05) is 6.21 Å². The average molecular weight is 146 g/mol. The summed E-state index contributed by atoms with van der Waals surface area (Å²) in [6, 6.07) is 7.48. The number of hydrogen-bond acceptors (Lipinski definition) is 3. The second-order valence-corrected chi connectivity index (χ2v) is 2.21. The lowest BCUT2D eigenvalue weighted by Crippen LogP contribution is -1.76. The minimum absolute atomic E-state index is 0.584. The number of hydrogen-bond donors (Lipinski definition) is 1. The van der Waals surface area contributed by atoms with Gasteiger partial charge in [-0.3, -0.25) is 0 Å². The molecule has 0 aliphatic carbocycles. The summed E-state index contributed by atoms with van der Waals surface area (Å²) in [5.74, 6) is 0. The molecule has 0 saturated carbocycles. The highest BCUT2D eigenvalue weighted by Gasteiger charge is 2.02. The maximum absolute atomic E-state index is 6.99. The van der Waals surface area contributed by atoms with Crippen molar-refractivity contribution in [2.75, 3.05) is 0 Å². The van der Waals surface area contributed by atoms with E-state index < -0.39 is 0 Å². The first-order valence-electron chi connectivity index (χ1n) is 3.27. The van der Waals surface area contributed by atoms with Gasteiger partial charge in [0.05, 0.1) is 5.39 Å². The van der Waals surface area contributed by atoms with Crippen LogP contribution >= 0.6 is 0 Å². The molecule has 0 amide bonds. The number of nitrogens with one attached hydrogen (secondary N) is 1. The van der Waals surface area contributed by atoms with E-state index in [-0.39, 0.29) is 0 Å². The highest BCUT2D eigenvalue weighted by atomic mass is 16.5. The number of nitrogens with zero attached hydrogens (tertiary/aromatic N) is 1. The number of benzene rings is 1. The SMILES string of the molecule is N=Cc1noc2ccccc12. The van der Waals surface area contributed by atoms with Crippen LogP contribution in [0.4, 0.5) is 0 Å². The smallest absolute Gasteiger partial charge is 0.167 e. The molecular weight excluding hydrogens is 140 g/mol. The Morgan fingerprint density at radius 2 is 2.18 bits per heavy atom. The molecule has 0 saturated heterocycles. The lowest BCUT2D eigenvalue weighted by Gasteiger charge is -1.82. The average Bonchev–Trinajstić information content (AvgIpc) is 2.47. The quantitative estimate of drug-likeness (QED) is 0.624. The Bertz CT molecular complexity index is 392. The molecule has 3 heteroatoms. The number of rotatable bonds is 1. The largest absolute Gasteiger partial charge is 0.356 e. The van der Waals surface area contributed by atoms with Gasteiger partial charge in [-0.05, 0) is 12.1 Å². The Hall–Kier alpha value is -1.64. The van der Waals surface area contributed by atoms with Crippen molar-refractivity contribution in [2.24, 2.45) is 0 Å². The molecule has 2 rings (SSSR count). The first-order valence-corrected chi connectivity index (χ1v) is 3.27. The van der Waals surface area contributed by atoms with Gasteiger partial charge >= 0.3 is 0 Å². The molecule has 11 heavy (non-hydrogen) atoms. The molecule has 0 unspecified atom stereocenters. The fourth-order valence-electron chi connectivity index (χ4n) is 1.01. The molecule has 0 aliphatic rings. The summed E-state index contributed by atoms with van der Waals surface area (Å²) in [6.45, 7) is 0. The van der Waals surface area contributed by atoms with Crippen molar-refractivity contribution in [2.45, 2.75) is 0 Å². The third kappa shape index (κ3) is 0.816. The van der Waals surface area contributed by atoms with Crippen LogP contribution in [0.1, 0.15) is 5.69 Å². The fraction of sp³-hybridized carbons (Fsp3) is 0. The topological polar surface area (TPSA) is 49.9 Å². The van der Waals surface area contributed by atoms with Crippen molar-refractivity contribution < 1.29 is 4.52 Å². The highest BCUT2D eigenvalue weighted by Crippen LogP contribution is 2.15. The number of para-hydroxylation sites is 1. The monoisotopic (exact) mass is 146 g/mol. The van der Waals surface area contributed by atoms with Crippen molar-refractivity contribution in [1.82, 2.24) is 5.16 Å². The molecular formula is C8H6N2O. The normalized spacial score (nSPS) is 10.2. The second-order valence-electron chi connectivity index (χ2n) is 2.21. The summed E-state index contributed by atoms with van der Waals surface area (Å²) >= 11 is 0. The van der Waals surface area contributed by atoms with Gasteiger partial charge in [0.15, 0.2) is 5.58 Å². The van der Waals surface area contributed by atoms with E-state index in [1.807, 2.05) is 24.3 Å². The zero-order chi connectivity index (χ0) is 7.68. The Morgan fingerprint density at radius 1 is 1.36 bits per heavy atom. The minimum Gasteiger partial charge on any atom is -0.356 e. The molecule has 2 aromatic rings. The van der Waals surface area contributed by atoms with Crippen LogP contribution < -0.4 is 0 Å². The van der Waals surface area contributed by atoms with Gasteiger partial charge in [-0.15, -0.1) is 0 Å². The Balaban J connectivity index is 2.86. The predicted molar refractivity (Wildman–Crippen MR) is 41.9 cm³/mol. The number of fused-ring (bicyclic) bond motifs is 1. The fourth-order valence-corrected chi connectivity index (χ4v) is 1.01. The van der Waals surface area contributed by atoms with E-state index >= 15 is 0 Å². The lowest BCUT2D eigenvalue weighted by atomic mass is 10.2. The predicted octanol–water partition coefficient (Wildman–Crippen LogP) is 1.83. The summed E-state index contributed by atoms with van der Waals surface area (Å²) < 4.78 is 4.94. The molecule has 0 atom stereocenters. The molecule has 0 aliphatic heterocycles. The van der Waals surface area contributed by atoms with Crippen LogP contribution in [0.5, 0.6) is 0 Å². The van der Waals surface area contributed by atoms with Crippen LogP contribution in [-0.4, -0.2) is 11.4 Å². The molecule has 0 radical (unpaired) electrons. The highest BCUT2D eigenvalue weighted by molar-refractivity contribution is 5.94. The van der Waals surface area contributed by atoms with E-state index in [4.69, 9.17) is 9.93 Å². The minimum atomic E-state index is 0.584.